The molecule has 100 valence electrons. The van der Waals surface area contributed by atoms with Crippen molar-refractivity contribution in [2.24, 2.45) is 0 Å². The second-order valence-electron chi connectivity index (χ2n) is 3.85. The van der Waals surface area contributed by atoms with Crippen LogP contribution in [0.3, 0.4) is 0 Å². The maximum absolute atomic E-state index is 11.6. The first-order chi connectivity index (χ1) is 9.66. The summed E-state index contributed by atoms with van der Waals surface area (Å²) in [6.07, 6.45) is 0. The van der Waals surface area contributed by atoms with E-state index in [1.807, 2.05) is 0 Å². The first-order valence-corrected chi connectivity index (χ1v) is 5.87. The lowest BCUT2D eigenvalue weighted by Crippen LogP contribution is -2.29. The maximum Gasteiger partial charge on any atom is 0.789 e. The van der Waals surface area contributed by atoms with Gasteiger partial charge in [0, 0.05) is 0 Å². The molecule has 0 saturated heterocycles. The molecule has 0 bridgehead atoms. The lowest BCUT2D eigenvalue weighted by molar-refractivity contribution is 0.0518. The fraction of sp³-hybridized carbons (Fsp3) is 0. The van der Waals surface area contributed by atoms with Crippen LogP contribution in [0.1, 0.15) is 20.7 Å². The zero-order valence-electron chi connectivity index (χ0n) is 10.4. The smallest absolute Gasteiger partial charge is 0.470 e. The molecule has 0 aliphatic rings. The highest BCUT2D eigenvalue weighted by Gasteiger charge is 2.28. The van der Waals surface area contributed by atoms with Crippen LogP contribution in [0, 0.1) is 0 Å². The Labute approximate surface area is 115 Å². The van der Waals surface area contributed by atoms with Gasteiger partial charge in [0.1, 0.15) is 0 Å². The van der Waals surface area contributed by atoms with Gasteiger partial charge in [-0.3, -0.25) is 0 Å². The normalized spacial score (nSPS) is 9.65. The van der Waals surface area contributed by atoms with Crippen molar-refractivity contribution in [2.75, 3.05) is 0 Å². The summed E-state index contributed by atoms with van der Waals surface area (Å²) < 4.78 is 9.20. The zero-order valence-corrected chi connectivity index (χ0v) is 10.4. The van der Waals surface area contributed by atoms with Crippen molar-refractivity contribution < 1.29 is 23.9 Å². The average molecular weight is 270 g/mol. The van der Waals surface area contributed by atoms with Gasteiger partial charge in [0.25, 0.3) is 0 Å². The van der Waals surface area contributed by atoms with Gasteiger partial charge in [-0.15, -0.1) is 0 Å². The quantitative estimate of drug-likeness (QED) is 0.855. The van der Waals surface area contributed by atoms with Crippen LogP contribution in [0.25, 0.3) is 0 Å². The molecule has 0 atom stereocenters. The highest BCUT2D eigenvalue weighted by atomic mass is 16.7. The Morgan fingerprint density at radius 1 is 0.750 bits per heavy atom. The molecule has 0 aliphatic carbocycles. The molecule has 2 aromatic carbocycles. The largest absolute Gasteiger partial charge is 0.789 e. The number of rotatable bonds is 4. The van der Waals surface area contributed by atoms with Crippen LogP contribution in [0.5, 0.6) is 0 Å². The van der Waals surface area contributed by atoms with Crippen molar-refractivity contribution in [3.8, 4) is 0 Å². The first kappa shape index (κ1) is 13.8. The number of hydrogen-bond acceptors (Lipinski definition) is 5. The monoisotopic (exact) mass is 270 g/mol. The summed E-state index contributed by atoms with van der Waals surface area (Å²) in [6.45, 7) is 0. The molecule has 0 heterocycles. The summed E-state index contributed by atoms with van der Waals surface area (Å²) in [7, 11) is -1.95. The molecule has 0 radical (unpaired) electrons. The molecular formula is C14H11BO5. The molecule has 0 saturated carbocycles. The second kappa shape index (κ2) is 6.54. The van der Waals surface area contributed by atoms with Crippen molar-refractivity contribution >= 4 is 19.3 Å². The van der Waals surface area contributed by atoms with Crippen LogP contribution in [0.2, 0.25) is 0 Å². The number of carbonyl (C=O) groups excluding carboxylic acids is 2. The summed E-state index contributed by atoms with van der Waals surface area (Å²) in [5, 5.41) is 9.43. The summed E-state index contributed by atoms with van der Waals surface area (Å²) in [5.41, 5.74) is 0.504. The molecule has 0 aromatic heterocycles. The van der Waals surface area contributed by atoms with Gasteiger partial charge < -0.3 is 14.3 Å². The lowest BCUT2D eigenvalue weighted by Gasteiger charge is -2.08. The summed E-state index contributed by atoms with van der Waals surface area (Å²) >= 11 is 0. The third-order valence-corrected chi connectivity index (χ3v) is 2.43. The molecule has 0 amide bonds. The molecule has 0 aliphatic heterocycles. The van der Waals surface area contributed by atoms with E-state index < -0.39 is 19.3 Å². The summed E-state index contributed by atoms with van der Waals surface area (Å²) in [4.78, 5) is 23.2. The van der Waals surface area contributed by atoms with Gasteiger partial charge in [-0.05, 0) is 24.3 Å². The minimum Gasteiger partial charge on any atom is -0.470 e. The van der Waals surface area contributed by atoms with Gasteiger partial charge in [0.15, 0.2) is 0 Å². The predicted molar refractivity (Wildman–Crippen MR) is 71.7 cm³/mol. The van der Waals surface area contributed by atoms with Crippen LogP contribution >= 0.6 is 0 Å². The fourth-order valence-electron chi connectivity index (χ4n) is 1.49. The Morgan fingerprint density at radius 2 is 1.10 bits per heavy atom. The van der Waals surface area contributed by atoms with Crippen molar-refractivity contribution in [3.63, 3.8) is 0 Å². The Kier molecular flexibility index (Phi) is 4.52. The first-order valence-electron chi connectivity index (χ1n) is 5.87. The predicted octanol–water partition coefficient (Wildman–Crippen LogP) is 1.68. The molecule has 0 spiro atoms. The Hall–Kier alpha value is -2.60. The van der Waals surface area contributed by atoms with Crippen LogP contribution in [0.15, 0.2) is 60.7 Å². The topological polar surface area (TPSA) is 72.8 Å². The summed E-state index contributed by atoms with van der Waals surface area (Å²) in [5.74, 6) is -1.56. The number of hydrogen-bond donors (Lipinski definition) is 1. The lowest BCUT2D eigenvalue weighted by atomic mass is 10.1. The van der Waals surface area contributed by atoms with Crippen molar-refractivity contribution in [1.29, 1.82) is 0 Å². The van der Waals surface area contributed by atoms with Crippen LogP contribution < -0.4 is 0 Å². The molecule has 1 N–H and O–H groups in total. The molecule has 0 fully saturated rings. The molecule has 2 aromatic rings. The van der Waals surface area contributed by atoms with E-state index in [2.05, 4.69) is 9.31 Å². The highest BCUT2D eigenvalue weighted by molar-refractivity contribution is 6.41. The van der Waals surface area contributed by atoms with Crippen molar-refractivity contribution in [2.45, 2.75) is 0 Å². The minimum absolute atomic E-state index is 0.252. The van der Waals surface area contributed by atoms with Gasteiger partial charge in [-0.25, -0.2) is 9.59 Å². The SMILES string of the molecule is O=C(OB(O)OC(=O)c1ccccc1)c1ccccc1. The standard InChI is InChI=1S/C14H11BO5/c16-13(11-7-3-1-4-8-11)19-15(18)20-14(17)12-9-5-2-6-10-12/h1-10,18H. The van der Waals surface area contributed by atoms with Crippen molar-refractivity contribution in [3.05, 3.63) is 71.8 Å². The van der Waals surface area contributed by atoms with E-state index in [4.69, 9.17) is 0 Å². The Morgan fingerprint density at radius 3 is 1.45 bits per heavy atom. The van der Waals surface area contributed by atoms with Crippen LogP contribution in [-0.2, 0) is 9.31 Å². The maximum atomic E-state index is 11.6. The van der Waals surface area contributed by atoms with E-state index in [-0.39, 0.29) is 11.1 Å². The fourth-order valence-corrected chi connectivity index (χ4v) is 1.49. The number of carbonyl (C=O) groups is 2. The second-order valence-corrected chi connectivity index (χ2v) is 3.85. The Bertz CT molecular complexity index is 532. The van der Waals surface area contributed by atoms with Crippen LogP contribution in [0.4, 0.5) is 0 Å². The minimum atomic E-state index is -1.95. The van der Waals surface area contributed by atoms with Gasteiger partial charge >= 0.3 is 19.3 Å². The third-order valence-electron chi connectivity index (χ3n) is 2.43. The van der Waals surface area contributed by atoms with Gasteiger partial charge in [0.05, 0.1) is 11.1 Å². The van der Waals surface area contributed by atoms with E-state index in [0.29, 0.717) is 0 Å². The Balaban J connectivity index is 1.91. The van der Waals surface area contributed by atoms with E-state index >= 15 is 0 Å². The third kappa shape index (κ3) is 3.70. The van der Waals surface area contributed by atoms with Gasteiger partial charge in [0.2, 0.25) is 0 Å². The molecule has 6 heteroatoms. The molecule has 20 heavy (non-hydrogen) atoms. The van der Waals surface area contributed by atoms with Gasteiger partial charge in [-0.1, -0.05) is 36.4 Å². The number of benzene rings is 2. The average Bonchev–Trinajstić information content (AvgIpc) is 2.49. The highest BCUT2D eigenvalue weighted by Crippen LogP contribution is 2.05. The molecule has 2 rings (SSSR count). The van der Waals surface area contributed by atoms with E-state index in [1.54, 1.807) is 36.4 Å². The van der Waals surface area contributed by atoms with E-state index in [9.17, 15) is 14.6 Å². The molecule has 0 unspecified atom stereocenters. The van der Waals surface area contributed by atoms with Crippen LogP contribution in [-0.4, -0.2) is 24.3 Å². The molecule has 5 nitrogen and oxygen atoms in total. The van der Waals surface area contributed by atoms with Crippen molar-refractivity contribution in [1.82, 2.24) is 0 Å². The summed E-state index contributed by atoms with van der Waals surface area (Å²) in [6, 6.07) is 16.2. The zero-order chi connectivity index (χ0) is 14.4. The van der Waals surface area contributed by atoms with E-state index in [0.717, 1.165) is 0 Å². The van der Waals surface area contributed by atoms with E-state index in [1.165, 1.54) is 24.3 Å². The molecular weight excluding hydrogens is 259 g/mol. The van der Waals surface area contributed by atoms with Gasteiger partial charge in [-0.2, -0.15) is 0 Å².